The SMILES string of the molecule is O=S(=O)(NC[C@](O)(c1ccccc1)C(F)(F)F)c1cccs1. The topological polar surface area (TPSA) is 66.4 Å². The van der Waals surface area contributed by atoms with Crippen molar-refractivity contribution >= 4 is 21.4 Å². The van der Waals surface area contributed by atoms with Gasteiger partial charge in [-0.25, -0.2) is 13.1 Å². The van der Waals surface area contributed by atoms with Crippen molar-refractivity contribution in [3.8, 4) is 0 Å². The van der Waals surface area contributed by atoms with Gasteiger partial charge >= 0.3 is 6.18 Å². The molecule has 1 aromatic carbocycles. The maximum atomic E-state index is 13.2. The van der Waals surface area contributed by atoms with Gasteiger partial charge in [-0.15, -0.1) is 11.3 Å². The number of benzene rings is 1. The van der Waals surface area contributed by atoms with Crippen molar-refractivity contribution in [2.24, 2.45) is 0 Å². The van der Waals surface area contributed by atoms with E-state index in [4.69, 9.17) is 0 Å². The Morgan fingerprint density at radius 3 is 2.23 bits per heavy atom. The second-order valence-corrected chi connectivity index (χ2v) is 7.42. The van der Waals surface area contributed by atoms with Crippen molar-refractivity contribution in [2.75, 3.05) is 6.54 Å². The van der Waals surface area contributed by atoms with Crippen molar-refractivity contribution < 1.29 is 26.7 Å². The van der Waals surface area contributed by atoms with E-state index in [-0.39, 0.29) is 4.21 Å². The second kappa shape index (κ2) is 5.99. The molecule has 0 saturated carbocycles. The van der Waals surface area contributed by atoms with Crippen LogP contribution in [0.25, 0.3) is 0 Å². The summed E-state index contributed by atoms with van der Waals surface area (Å²) in [5.41, 5.74) is -3.74. The zero-order valence-electron chi connectivity index (χ0n) is 11.0. The van der Waals surface area contributed by atoms with Gasteiger partial charge in [0.1, 0.15) is 4.21 Å². The molecule has 0 amide bonds. The fourth-order valence-corrected chi connectivity index (χ4v) is 3.86. The maximum absolute atomic E-state index is 13.2. The molecule has 4 nitrogen and oxygen atoms in total. The predicted molar refractivity (Wildman–Crippen MR) is 75.9 cm³/mol. The summed E-state index contributed by atoms with van der Waals surface area (Å²) in [6, 6.07) is 9.07. The minimum atomic E-state index is -5.04. The third kappa shape index (κ3) is 3.32. The maximum Gasteiger partial charge on any atom is 0.422 e. The van der Waals surface area contributed by atoms with E-state index in [9.17, 15) is 26.7 Å². The quantitative estimate of drug-likeness (QED) is 0.870. The van der Waals surface area contributed by atoms with Crippen molar-refractivity contribution in [1.29, 1.82) is 0 Å². The minimum Gasteiger partial charge on any atom is -0.375 e. The van der Waals surface area contributed by atoms with E-state index in [1.54, 1.807) is 0 Å². The van der Waals surface area contributed by atoms with Crippen LogP contribution in [0.15, 0.2) is 52.1 Å². The molecule has 22 heavy (non-hydrogen) atoms. The number of hydrogen-bond donors (Lipinski definition) is 2. The molecule has 0 saturated heterocycles. The predicted octanol–water partition coefficient (Wildman–Crippen LogP) is 2.48. The summed E-state index contributed by atoms with van der Waals surface area (Å²) in [6.07, 6.45) is -5.04. The molecule has 0 fully saturated rings. The molecule has 0 aliphatic rings. The van der Waals surface area contributed by atoms with E-state index in [1.165, 1.54) is 35.7 Å². The van der Waals surface area contributed by atoms with Gasteiger partial charge in [-0.2, -0.15) is 13.2 Å². The number of thiophene rings is 1. The summed E-state index contributed by atoms with van der Waals surface area (Å²) in [4.78, 5) is 0. The van der Waals surface area contributed by atoms with Gasteiger partial charge in [0, 0.05) is 0 Å². The van der Waals surface area contributed by atoms with Crippen LogP contribution in [0.5, 0.6) is 0 Å². The average molecular weight is 351 g/mol. The normalized spacial score (nSPS) is 15.5. The van der Waals surface area contributed by atoms with Crippen LogP contribution in [0.1, 0.15) is 5.56 Å². The van der Waals surface area contributed by atoms with Crippen LogP contribution < -0.4 is 4.72 Å². The zero-order chi connectivity index (χ0) is 16.4. The average Bonchev–Trinajstić information content (AvgIpc) is 2.99. The summed E-state index contributed by atoms with van der Waals surface area (Å²) < 4.78 is 65.2. The highest BCUT2D eigenvalue weighted by molar-refractivity contribution is 7.91. The number of alkyl halides is 3. The van der Waals surface area contributed by atoms with E-state index >= 15 is 0 Å². The van der Waals surface area contributed by atoms with Crippen LogP contribution in [0.3, 0.4) is 0 Å². The monoisotopic (exact) mass is 351 g/mol. The van der Waals surface area contributed by atoms with Crippen molar-refractivity contribution in [3.63, 3.8) is 0 Å². The lowest BCUT2D eigenvalue weighted by Crippen LogP contribution is -2.50. The van der Waals surface area contributed by atoms with E-state index in [0.29, 0.717) is 0 Å². The second-order valence-electron chi connectivity index (χ2n) is 4.48. The lowest BCUT2D eigenvalue weighted by molar-refractivity contribution is -0.263. The Labute approximate surface area is 129 Å². The van der Waals surface area contributed by atoms with Crippen LogP contribution in [0, 0.1) is 0 Å². The molecular weight excluding hydrogens is 339 g/mol. The molecule has 0 unspecified atom stereocenters. The molecule has 2 rings (SSSR count). The summed E-state index contributed by atoms with van der Waals surface area (Å²) in [7, 11) is -4.11. The largest absolute Gasteiger partial charge is 0.422 e. The number of hydrogen-bond acceptors (Lipinski definition) is 4. The molecule has 0 aliphatic heterocycles. The molecule has 1 heterocycles. The van der Waals surface area contributed by atoms with Gasteiger partial charge in [-0.3, -0.25) is 0 Å². The molecule has 2 aromatic rings. The summed E-state index contributed by atoms with van der Waals surface area (Å²) in [5, 5.41) is 11.5. The summed E-state index contributed by atoms with van der Waals surface area (Å²) in [5.74, 6) is 0. The Morgan fingerprint density at radius 2 is 1.73 bits per heavy atom. The first-order valence-electron chi connectivity index (χ1n) is 6.05. The molecule has 0 bridgehead atoms. The fraction of sp³-hybridized carbons (Fsp3) is 0.231. The van der Waals surface area contributed by atoms with Gasteiger partial charge in [0.2, 0.25) is 10.0 Å². The molecule has 2 N–H and O–H groups in total. The summed E-state index contributed by atoms with van der Waals surface area (Å²) >= 11 is 0.870. The molecular formula is C13H12F3NO3S2. The lowest BCUT2D eigenvalue weighted by Gasteiger charge is -2.31. The Hall–Kier alpha value is -1.42. The first kappa shape index (κ1) is 16.9. The lowest BCUT2D eigenvalue weighted by atomic mass is 9.93. The molecule has 1 aromatic heterocycles. The van der Waals surface area contributed by atoms with Gasteiger partial charge in [0.25, 0.3) is 0 Å². The first-order chi connectivity index (χ1) is 10.2. The van der Waals surface area contributed by atoms with E-state index in [2.05, 4.69) is 0 Å². The number of sulfonamides is 1. The highest BCUT2D eigenvalue weighted by Gasteiger charge is 2.55. The smallest absolute Gasteiger partial charge is 0.375 e. The van der Waals surface area contributed by atoms with Crippen LogP contribution >= 0.6 is 11.3 Å². The third-order valence-electron chi connectivity index (χ3n) is 3.00. The Bertz CT molecular complexity index is 715. The van der Waals surface area contributed by atoms with Gasteiger partial charge in [0.05, 0.1) is 6.54 Å². The highest BCUT2D eigenvalue weighted by atomic mass is 32.2. The Morgan fingerprint density at radius 1 is 1.09 bits per heavy atom. The molecule has 0 aliphatic carbocycles. The fourth-order valence-electron chi connectivity index (χ4n) is 1.77. The Kier molecular flexibility index (Phi) is 4.62. The highest BCUT2D eigenvalue weighted by Crippen LogP contribution is 2.38. The van der Waals surface area contributed by atoms with Crippen molar-refractivity contribution in [3.05, 3.63) is 53.4 Å². The first-order valence-corrected chi connectivity index (χ1v) is 8.41. The minimum absolute atomic E-state index is 0.120. The van der Waals surface area contributed by atoms with Crippen LogP contribution in [-0.2, 0) is 15.6 Å². The van der Waals surface area contributed by atoms with Crippen LogP contribution in [-0.4, -0.2) is 26.2 Å². The van der Waals surface area contributed by atoms with E-state index in [0.717, 1.165) is 23.5 Å². The molecule has 9 heteroatoms. The van der Waals surface area contributed by atoms with Gasteiger partial charge in [0.15, 0.2) is 5.60 Å². The number of rotatable bonds is 5. The standard InChI is InChI=1S/C13H12F3NO3S2/c14-13(15,16)12(18,10-5-2-1-3-6-10)9-17-22(19,20)11-7-4-8-21-11/h1-8,17-18H,9H2/t12-/m0/s1. The molecule has 0 radical (unpaired) electrons. The van der Waals surface area contributed by atoms with E-state index in [1.807, 2.05) is 4.72 Å². The van der Waals surface area contributed by atoms with Gasteiger partial charge in [-0.1, -0.05) is 36.4 Å². The van der Waals surface area contributed by atoms with Gasteiger partial charge in [-0.05, 0) is 17.0 Å². The third-order valence-corrected chi connectivity index (χ3v) is 5.80. The van der Waals surface area contributed by atoms with Crippen LogP contribution in [0.2, 0.25) is 0 Å². The number of aliphatic hydroxyl groups is 1. The number of halogens is 3. The Balaban J connectivity index is 2.30. The van der Waals surface area contributed by atoms with Crippen molar-refractivity contribution in [1.82, 2.24) is 4.72 Å². The van der Waals surface area contributed by atoms with Crippen molar-refractivity contribution in [2.45, 2.75) is 16.0 Å². The number of nitrogens with one attached hydrogen (secondary N) is 1. The molecule has 1 atom stereocenters. The summed E-state index contributed by atoms with van der Waals surface area (Å²) in [6.45, 7) is -1.21. The molecule has 120 valence electrons. The zero-order valence-corrected chi connectivity index (χ0v) is 12.7. The van der Waals surface area contributed by atoms with E-state index < -0.39 is 33.9 Å². The van der Waals surface area contributed by atoms with Gasteiger partial charge < -0.3 is 5.11 Å². The van der Waals surface area contributed by atoms with Crippen LogP contribution in [0.4, 0.5) is 13.2 Å². The molecule has 0 spiro atoms.